The van der Waals surface area contributed by atoms with E-state index in [4.69, 9.17) is 4.74 Å². The van der Waals surface area contributed by atoms with Crippen molar-refractivity contribution in [2.75, 3.05) is 7.11 Å². The third-order valence-corrected chi connectivity index (χ3v) is 4.35. The molecule has 0 spiro atoms. The number of pyridine rings is 1. The Morgan fingerprint density at radius 3 is 2.00 bits per heavy atom. The topological polar surface area (TPSA) is 42.4 Å². The number of aryl methyl sites for hydroxylation is 2. The lowest BCUT2D eigenvalue weighted by atomic mass is 10.1. The summed E-state index contributed by atoms with van der Waals surface area (Å²) >= 11 is 0. The van der Waals surface area contributed by atoms with Crippen LogP contribution in [0.3, 0.4) is 0 Å². The number of hydrogen-bond donors (Lipinski definition) is 1. The van der Waals surface area contributed by atoms with Gasteiger partial charge in [0.05, 0.1) is 7.11 Å². The van der Waals surface area contributed by atoms with Crippen LogP contribution in [0.5, 0.6) is 11.5 Å². The number of fused-ring (bicyclic) bond motifs is 1. The van der Waals surface area contributed by atoms with Gasteiger partial charge in [-0.1, -0.05) is 74.9 Å². The van der Waals surface area contributed by atoms with E-state index in [1.54, 1.807) is 13.2 Å². The van der Waals surface area contributed by atoms with Crippen LogP contribution in [0.15, 0.2) is 78.9 Å². The Labute approximate surface area is 180 Å². The second kappa shape index (κ2) is 11.6. The molecule has 4 aromatic rings. The van der Waals surface area contributed by atoms with Gasteiger partial charge in [0.1, 0.15) is 17.0 Å². The summed E-state index contributed by atoms with van der Waals surface area (Å²) < 4.78 is 5.11. The van der Waals surface area contributed by atoms with Crippen molar-refractivity contribution in [2.24, 2.45) is 0 Å². The van der Waals surface area contributed by atoms with E-state index >= 15 is 0 Å². The Morgan fingerprint density at radius 2 is 1.40 bits per heavy atom. The molecule has 1 heterocycles. The predicted octanol–water partition coefficient (Wildman–Crippen LogP) is 7.34. The average Bonchev–Trinajstić information content (AvgIpc) is 2.76. The van der Waals surface area contributed by atoms with Gasteiger partial charge in [-0.05, 0) is 54.8 Å². The maximum atomic E-state index is 9.56. The van der Waals surface area contributed by atoms with Crippen LogP contribution in [-0.4, -0.2) is 17.2 Å². The fourth-order valence-corrected chi connectivity index (χ4v) is 2.98. The first-order chi connectivity index (χ1) is 14.5. The van der Waals surface area contributed by atoms with E-state index in [1.807, 2.05) is 62.4 Å². The number of aromatic hydroxyl groups is 1. The fourth-order valence-electron chi connectivity index (χ4n) is 2.98. The van der Waals surface area contributed by atoms with Gasteiger partial charge in [0, 0.05) is 11.1 Å². The molecule has 0 aliphatic carbocycles. The van der Waals surface area contributed by atoms with E-state index in [1.165, 1.54) is 17.5 Å². The second-order valence-electron chi connectivity index (χ2n) is 7.06. The van der Waals surface area contributed by atoms with Crippen LogP contribution in [0, 0.1) is 13.8 Å². The molecule has 0 saturated heterocycles. The monoisotopic (exact) mass is 401 g/mol. The Hall–Kier alpha value is -3.33. The maximum Gasteiger partial charge on any atom is 0.141 e. The Morgan fingerprint density at radius 1 is 0.800 bits per heavy atom. The van der Waals surface area contributed by atoms with E-state index < -0.39 is 0 Å². The molecule has 4 rings (SSSR count). The molecule has 0 fully saturated rings. The first-order valence-electron chi connectivity index (χ1n) is 10.3. The van der Waals surface area contributed by atoms with Gasteiger partial charge in [-0.15, -0.1) is 0 Å². The molecule has 0 unspecified atom stereocenters. The van der Waals surface area contributed by atoms with Crippen LogP contribution in [0.25, 0.3) is 22.0 Å². The van der Waals surface area contributed by atoms with E-state index in [-0.39, 0.29) is 5.75 Å². The van der Waals surface area contributed by atoms with Gasteiger partial charge in [-0.3, -0.25) is 0 Å². The van der Waals surface area contributed by atoms with Crippen molar-refractivity contribution in [3.63, 3.8) is 0 Å². The van der Waals surface area contributed by atoms with Crippen molar-refractivity contribution in [3.05, 3.63) is 90.1 Å². The number of ether oxygens (including phenoxy) is 1. The summed E-state index contributed by atoms with van der Waals surface area (Å²) in [4.78, 5) is 4.29. The number of para-hydroxylation sites is 1. The van der Waals surface area contributed by atoms with Crippen LogP contribution in [0.4, 0.5) is 0 Å². The predicted molar refractivity (Wildman–Crippen MR) is 127 cm³/mol. The molecule has 0 aliphatic heterocycles. The molecule has 0 atom stereocenters. The smallest absolute Gasteiger partial charge is 0.141 e. The van der Waals surface area contributed by atoms with Gasteiger partial charge in [0.2, 0.25) is 0 Å². The number of phenolic OH excluding ortho intramolecular Hbond substituents is 1. The average molecular weight is 402 g/mol. The van der Waals surface area contributed by atoms with Crippen LogP contribution in [-0.2, 0) is 0 Å². The summed E-state index contributed by atoms with van der Waals surface area (Å²) in [6.07, 6.45) is 1.25. The van der Waals surface area contributed by atoms with Crippen molar-refractivity contribution in [1.82, 2.24) is 4.98 Å². The first-order valence-corrected chi connectivity index (χ1v) is 10.3. The standard InChI is InChI=1S/C13H12O.C11H11NO.C3H8/c1-14-13-9-7-12(8-10-13)11-5-3-2-4-6-11;1-7-6-8(2)12-11-9(7)4-3-5-10(11)13;1-3-2/h2-10H,1H3;3-6,13H,1-2H3;3H2,1-2H3. The summed E-state index contributed by atoms with van der Waals surface area (Å²) in [5.41, 5.74) is 5.23. The zero-order chi connectivity index (χ0) is 21.9. The van der Waals surface area contributed by atoms with Gasteiger partial charge in [0.25, 0.3) is 0 Å². The van der Waals surface area contributed by atoms with E-state index in [0.29, 0.717) is 5.52 Å². The molecule has 0 radical (unpaired) electrons. The number of phenols is 1. The molecule has 0 amide bonds. The van der Waals surface area contributed by atoms with E-state index in [2.05, 4.69) is 43.1 Å². The SMILES string of the molecule is CCC.COc1ccc(-c2ccccc2)cc1.Cc1cc(C)c2cccc(O)c2n1. The molecule has 3 aromatic carbocycles. The summed E-state index contributed by atoms with van der Waals surface area (Å²) in [6.45, 7) is 8.20. The van der Waals surface area contributed by atoms with Crippen LogP contribution < -0.4 is 4.74 Å². The van der Waals surface area contributed by atoms with Gasteiger partial charge in [-0.2, -0.15) is 0 Å². The summed E-state index contributed by atoms with van der Waals surface area (Å²) in [7, 11) is 1.68. The molecule has 0 bridgehead atoms. The minimum atomic E-state index is 0.254. The third-order valence-electron chi connectivity index (χ3n) is 4.35. The van der Waals surface area contributed by atoms with Crippen LogP contribution in [0.2, 0.25) is 0 Å². The summed E-state index contributed by atoms with van der Waals surface area (Å²) in [5, 5.41) is 10.6. The molecule has 3 heteroatoms. The lowest BCUT2D eigenvalue weighted by molar-refractivity contribution is 0.415. The van der Waals surface area contributed by atoms with Crippen molar-refractivity contribution < 1.29 is 9.84 Å². The Kier molecular flexibility index (Phi) is 8.89. The van der Waals surface area contributed by atoms with Gasteiger partial charge < -0.3 is 9.84 Å². The van der Waals surface area contributed by atoms with Gasteiger partial charge >= 0.3 is 0 Å². The molecule has 156 valence electrons. The normalized spacial score (nSPS) is 9.77. The number of nitrogens with zero attached hydrogens (tertiary/aromatic N) is 1. The minimum Gasteiger partial charge on any atom is -0.506 e. The van der Waals surface area contributed by atoms with Crippen molar-refractivity contribution in [2.45, 2.75) is 34.1 Å². The molecular weight excluding hydrogens is 370 g/mol. The summed E-state index contributed by atoms with van der Waals surface area (Å²) in [6, 6.07) is 25.9. The molecule has 0 aliphatic rings. The molecule has 3 nitrogen and oxygen atoms in total. The lowest BCUT2D eigenvalue weighted by Gasteiger charge is -2.04. The number of rotatable bonds is 2. The minimum absolute atomic E-state index is 0.254. The molecular formula is C27H31NO2. The molecule has 1 N–H and O–H groups in total. The number of benzene rings is 3. The number of aromatic nitrogens is 1. The van der Waals surface area contributed by atoms with Gasteiger partial charge in [-0.25, -0.2) is 4.98 Å². The fraction of sp³-hybridized carbons (Fsp3) is 0.222. The third kappa shape index (κ3) is 6.35. The number of methoxy groups -OCH3 is 1. The lowest BCUT2D eigenvalue weighted by Crippen LogP contribution is -1.87. The first kappa shape index (κ1) is 23.0. The number of hydrogen-bond acceptors (Lipinski definition) is 3. The van der Waals surface area contributed by atoms with Crippen molar-refractivity contribution >= 4 is 10.9 Å². The highest BCUT2D eigenvalue weighted by Crippen LogP contribution is 2.25. The highest BCUT2D eigenvalue weighted by atomic mass is 16.5. The zero-order valence-electron chi connectivity index (χ0n) is 18.5. The highest BCUT2D eigenvalue weighted by molar-refractivity contribution is 5.87. The molecule has 0 saturated carbocycles. The van der Waals surface area contributed by atoms with Crippen molar-refractivity contribution in [3.8, 4) is 22.6 Å². The van der Waals surface area contributed by atoms with Crippen molar-refractivity contribution in [1.29, 1.82) is 0 Å². The largest absolute Gasteiger partial charge is 0.506 e. The highest BCUT2D eigenvalue weighted by Gasteiger charge is 2.03. The Balaban J connectivity index is 0.000000190. The summed E-state index contributed by atoms with van der Waals surface area (Å²) in [5.74, 6) is 1.15. The quantitative estimate of drug-likeness (QED) is 0.382. The van der Waals surface area contributed by atoms with Gasteiger partial charge in [0.15, 0.2) is 0 Å². The van der Waals surface area contributed by atoms with E-state index in [0.717, 1.165) is 22.4 Å². The zero-order valence-corrected chi connectivity index (χ0v) is 18.5. The molecule has 1 aromatic heterocycles. The van der Waals surface area contributed by atoms with E-state index in [9.17, 15) is 5.11 Å². The van der Waals surface area contributed by atoms with Crippen LogP contribution >= 0.6 is 0 Å². The Bertz CT molecular complexity index is 1040. The maximum absolute atomic E-state index is 9.56. The van der Waals surface area contributed by atoms with Crippen LogP contribution in [0.1, 0.15) is 31.5 Å². The second-order valence-corrected chi connectivity index (χ2v) is 7.06. The molecule has 30 heavy (non-hydrogen) atoms.